The van der Waals surface area contributed by atoms with Gasteiger partial charge < -0.3 is 20.9 Å². The first kappa shape index (κ1) is 23.7. The van der Waals surface area contributed by atoms with E-state index in [1.807, 2.05) is 18.7 Å². The minimum absolute atomic E-state index is 0. The number of halogens is 2. The second-order valence-corrected chi connectivity index (χ2v) is 5.96. The highest BCUT2D eigenvalue weighted by Crippen LogP contribution is 2.03. The molecule has 0 aromatic rings. The lowest BCUT2D eigenvalue weighted by Crippen LogP contribution is -2.48. The molecule has 132 valence electrons. The Morgan fingerprint density at radius 2 is 1.68 bits per heavy atom. The highest BCUT2D eigenvalue weighted by molar-refractivity contribution is 5.85. The summed E-state index contributed by atoms with van der Waals surface area (Å²) in [5, 5.41) is 2.74. The number of amides is 2. The maximum absolute atomic E-state index is 12.0. The molecule has 0 unspecified atom stereocenters. The van der Waals surface area contributed by atoms with Gasteiger partial charge in [0.25, 0.3) is 0 Å². The van der Waals surface area contributed by atoms with Crippen molar-refractivity contribution >= 4 is 36.6 Å². The maximum atomic E-state index is 12.0. The zero-order valence-corrected chi connectivity index (χ0v) is 15.3. The molecule has 1 aliphatic heterocycles. The summed E-state index contributed by atoms with van der Waals surface area (Å²) >= 11 is 0. The first-order chi connectivity index (χ1) is 9.40. The Morgan fingerprint density at radius 1 is 1.14 bits per heavy atom. The number of likely N-dealkylation sites (N-methyl/N-ethyl adjacent to an activating group) is 1. The summed E-state index contributed by atoms with van der Waals surface area (Å²) < 4.78 is 0. The third-order valence-corrected chi connectivity index (χ3v) is 3.56. The van der Waals surface area contributed by atoms with E-state index in [0.717, 1.165) is 26.2 Å². The van der Waals surface area contributed by atoms with Gasteiger partial charge in [-0.2, -0.15) is 0 Å². The molecule has 22 heavy (non-hydrogen) atoms. The maximum Gasteiger partial charge on any atom is 0.236 e. The molecule has 6 nitrogen and oxygen atoms in total. The van der Waals surface area contributed by atoms with Crippen molar-refractivity contribution in [3.63, 3.8) is 0 Å². The molecule has 1 rings (SSSR count). The van der Waals surface area contributed by atoms with E-state index < -0.39 is 6.04 Å². The number of rotatable bonds is 6. The van der Waals surface area contributed by atoms with Gasteiger partial charge in [-0.1, -0.05) is 13.8 Å². The van der Waals surface area contributed by atoms with Crippen LogP contribution in [0.2, 0.25) is 0 Å². The second kappa shape index (κ2) is 11.9. The Bertz CT molecular complexity index is 335. The molecule has 1 heterocycles. The predicted octanol–water partition coefficient (Wildman–Crippen LogP) is 0.484. The van der Waals surface area contributed by atoms with Crippen molar-refractivity contribution in [2.45, 2.75) is 32.7 Å². The van der Waals surface area contributed by atoms with Crippen LogP contribution >= 0.6 is 24.8 Å². The molecular formula is C14H30Cl2N4O2. The molecule has 0 aromatic heterocycles. The quantitative estimate of drug-likeness (QED) is 0.725. The van der Waals surface area contributed by atoms with E-state index in [1.54, 1.807) is 0 Å². The van der Waals surface area contributed by atoms with Crippen molar-refractivity contribution < 1.29 is 9.59 Å². The Kier molecular flexibility index (Phi) is 12.9. The number of piperazine rings is 1. The molecule has 0 spiro atoms. The summed E-state index contributed by atoms with van der Waals surface area (Å²) in [5.74, 6) is 0.337. The summed E-state index contributed by atoms with van der Waals surface area (Å²) in [6.07, 6.45) is 1.02. The monoisotopic (exact) mass is 356 g/mol. The van der Waals surface area contributed by atoms with Crippen molar-refractivity contribution in [1.82, 2.24) is 15.1 Å². The van der Waals surface area contributed by atoms with Gasteiger partial charge in [0.05, 0.1) is 6.04 Å². The Balaban J connectivity index is 0. The molecule has 1 fully saturated rings. The number of carbonyl (C=O) groups excluding carboxylic acids is 2. The van der Waals surface area contributed by atoms with Crippen molar-refractivity contribution in [3.8, 4) is 0 Å². The van der Waals surface area contributed by atoms with Crippen molar-refractivity contribution in [3.05, 3.63) is 0 Å². The first-order valence-electron chi connectivity index (χ1n) is 7.39. The van der Waals surface area contributed by atoms with Gasteiger partial charge in [0.2, 0.25) is 11.8 Å². The van der Waals surface area contributed by atoms with Gasteiger partial charge in [0.1, 0.15) is 0 Å². The van der Waals surface area contributed by atoms with E-state index in [0.29, 0.717) is 25.3 Å². The molecule has 0 saturated carbocycles. The average molecular weight is 357 g/mol. The zero-order chi connectivity index (χ0) is 15.1. The third kappa shape index (κ3) is 8.78. The van der Waals surface area contributed by atoms with Crippen LogP contribution in [0.3, 0.4) is 0 Å². The van der Waals surface area contributed by atoms with Gasteiger partial charge in [-0.15, -0.1) is 24.8 Å². The standard InChI is InChI=1S/C14H28N4O2.2ClH/c1-11(2)10-12(15)14(20)16-5-4-13(19)18-8-6-17(3)7-9-18;;/h11-12H,4-10,15H2,1-3H3,(H,16,20);2*1H/t12-;;/m0../s1. The normalized spacial score (nSPS) is 16.5. The van der Waals surface area contributed by atoms with E-state index in [1.165, 1.54) is 0 Å². The third-order valence-electron chi connectivity index (χ3n) is 3.56. The SMILES string of the molecule is CC(C)C[C@H](N)C(=O)NCCC(=O)N1CCN(C)CC1.Cl.Cl. The minimum Gasteiger partial charge on any atom is -0.354 e. The van der Waals surface area contributed by atoms with Crippen LogP contribution in [0.25, 0.3) is 0 Å². The Labute approximate surface area is 146 Å². The number of hydrogen-bond acceptors (Lipinski definition) is 4. The second-order valence-electron chi connectivity index (χ2n) is 5.96. The topological polar surface area (TPSA) is 78.7 Å². The highest BCUT2D eigenvalue weighted by atomic mass is 35.5. The summed E-state index contributed by atoms with van der Waals surface area (Å²) in [5.41, 5.74) is 5.78. The molecule has 8 heteroatoms. The van der Waals surface area contributed by atoms with Crippen LogP contribution in [0.15, 0.2) is 0 Å². The van der Waals surface area contributed by atoms with Gasteiger partial charge in [0.15, 0.2) is 0 Å². The largest absolute Gasteiger partial charge is 0.354 e. The van der Waals surface area contributed by atoms with Crippen LogP contribution in [0.1, 0.15) is 26.7 Å². The van der Waals surface area contributed by atoms with E-state index in [2.05, 4.69) is 17.3 Å². The molecule has 0 radical (unpaired) electrons. The van der Waals surface area contributed by atoms with E-state index in [4.69, 9.17) is 5.73 Å². The fourth-order valence-electron chi connectivity index (χ4n) is 2.25. The lowest BCUT2D eigenvalue weighted by Gasteiger charge is -2.32. The fraction of sp³-hybridized carbons (Fsp3) is 0.857. The van der Waals surface area contributed by atoms with Gasteiger partial charge in [-0.3, -0.25) is 9.59 Å². The van der Waals surface area contributed by atoms with Crippen LogP contribution in [0.5, 0.6) is 0 Å². The van der Waals surface area contributed by atoms with Crippen LogP contribution < -0.4 is 11.1 Å². The molecule has 2 amide bonds. The lowest BCUT2D eigenvalue weighted by molar-refractivity contribution is -0.132. The predicted molar refractivity (Wildman–Crippen MR) is 93.6 cm³/mol. The van der Waals surface area contributed by atoms with E-state index >= 15 is 0 Å². The number of hydrogen-bond donors (Lipinski definition) is 2. The summed E-state index contributed by atoms with van der Waals surface area (Å²) in [6, 6.07) is -0.478. The van der Waals surface area contributed by atoms with Crippen LogP contribution in [-0.2, 0) is 9.59 Å². The van der Waals surface area contributed by atoms with Crippen molar-refractivity contribution in [2.24, 2.45) is 11.7 Å². The number of nitrogens with zero attached hydrogens (tertiary/aromatic N) is 2. The Hall–Kier alpha value is -0.560. The molecule has 0 aliphatic carbocycles. The van der Waals surface area contributed by atoms with Crippen LogP contribution in [0, 0.1) is 5.92 Å². The number of nitrogens with two attached hydrogens (primary N) is 1. The van der Waals surface area contributed by atoms with E-state index in [9.17, 15) is 9.59 Å². The smallest absolute Gasteiger partial charge is 0.236 e. The van der Waals surface area contributed by atoms with Crippen LogP contribution in [-0.4, -0.2) is 67.4 Å². The van der Waals surface area contributed by atoms with Gasteiger partial charge in [-0.25, -0.2) is 0 Å². The molecule has 3 N–H and O–H groups in total. The summed E-state index contributed by atoms with van der Waals surface area (Å²) in [4.78, 5) is 27.7. The summed E-state index contributed by atoms with van der Waals surface area (Å²) in [6.45, 7) is 7.81. The van der Waals surface area contributed by atoms with Gasteiger partial charge in [-0.05, 0) is 19.4 Å². The highest BCUT2D eigenvalue weighted by Gasteiger charge is 2.19. The van der Waals surface area contributed by atoms with Crippen molar-refractivity contribution in [2.75, 3.05) is 39.8 Å². The molecule has 1 atom stereocenters. The molecule has 1 saturated heterocycles. The molecule has 0 aromatic carbocycles. The average Bonchev–Trinajstić information content (AvgIpc) is 2.38. The van der Waals surface area contributed by atoms with Crippen LogP contribution in [0.4, 0.5) is 0 Å². The number of carbonyl (C=O) groups is 2. The number of nitrogens with one attached hydrogen (secondary N) is 1. The fourth-order valence-corrected chi connectivity index (χ4v) is 2.25. The minimum atomic E-state index is -0.478. The van der Waals surface area contributed by atoms with Crippen molar-refractivity contribution in [1.29, 1.82) is 0 Å². The molecule has 0 bridgehead atoms. The van der Waals surface area contributed by atoms with Gasteiger partial charge >= 0.3 is 0 Å². The zero-order valence-electron chi connectivity index (χ0n) is 13.7. The van der Waals surface area contributed by atoms with E-state index in [-0.39, 0.29) is 36.6 Å². The van der Waals surface area contributed by atoms with Gasteiger partial charge in [0, 0.05) is 39.1 Å². The molecular weight excluding hydrogens is 327 g/mol. The Morgan fingerprint density at radius 3 is 2.18 bits per heavy atom. The lowest BCUT2D eigenvalue weighted by atomic mass is 10.0. The molecule has 1 aliphatic rings. The first-order valence-corrected chi connectivity index (χ1v) is 7.39. The summed E-state index contributed by atoms with van der Waals surface area (Å²) in [7, 11) is 2.05.